The van der Waals surface area contributed by atoms with Crippen LogP contribution in [-0.2, 0) is 0 Å². The Balaban J connectivity index is 2.10. The number of benzene rings is 1. The standard InChI is InChI=1S/C23H36N4O2/c1-7-29-21-11-9-20(10-12-21)27-17-19(15-23(3,4)18(27)2)16-26(6)22(28)25(5)14-8-13-24/h9-12,18-19H,7-8,14-17H2,1-6H3. The average molecular weight is 401 g/mol. The van der Waals surface area contributed by atoms with E-state index in [-0.39, 0.29) is 11.4 Å². The number of amides is 2. The zero-order chi connectivity index (χ0) is 21.6. The highest BCUT2D eigenvalue weighted by Crippen LogP contribution is 2.40. The van der Waals surface area contributed by atoms with E-state index in [0.717, 1.165) is 18.7 Å². The second-order valence-corrected chi connectivity index (χ2v) is 8.81. The second-order valence-electron chi connectivity index (χ2n) is 8.81. The first kappa shape index (κ1) is 22.9. The van der Waals surface area contributed by atoms with Gasteiger partial charge in [-0.1, -0.05) is 13.8 Å². The molecular formula is C23H36N4O2. The summed E-state index contributed by atoms with van der Waals surface area (Å²) in [4.78, 5) is 18.5. The topological polar surface area (TPSA) is 59.8 Å². The number of hydrogen-bond donors (Lipinski definition) is 0. The van der Waals surface area contributed by atoms with Crippen LogP contribution >= 0.6 is 0 Å². The highest BCUT2D eigenvalue weighted by molar-refractivity contribution is 5.73. The van der Waals surface area contributed by atoms with Crippen molar-refractivity contribution in [1.29, 1.82) is 5.26 Å². The van der Waals surface area contributed by atoms with E-state index < -0.39 is 0 Å². The van der Waals surface area contributed by atoms with E-state index >= 15 is 0 Å². The lowest BCUT2D eigenvalue weighted by Crippen LogP contribution is -2.54. The fourth-order valence-electron chi connectivity index (χ4n) is 4.26. The highest BCUT2D eigenvalue weighted by atomic mass is 16.5. The van der Waals surface area contributed by atoms with Crippen molar-refractivity contribution in [1.82, 2.24) is 9.80 Å². The van der Waals surface area contributed by atoms with E-state index in [1.54, 1.807) is 16.8 Å². The molecule has 0 saturated carbocycles. The van der Waals surface area contributed by atoms with Crippen molar-refractivity contribution in [3.05, 3.63) is 24.3 Å². The van der Waals surface area contributed by atoms with Crippen LogP contribution in [0.25, 0.3) is 0 Å². The predicted octanol–water partition coefficient (Wildman–Crippen LogP) is 4.22. The van der Waals surface area contributed by atoms with Crippen molar-refractivity contribution in [2.75, 3.05) is 45.2 Å². The number of carbonyl (C=O) groups excluding carboxylic acids is 1. The molecule has 0 N–H and O–H groups in total. The van der Waals surface area contributed by atoms with Gasteiger partial charge in [-0.25, -0.2) is 4.79 Å². The Kier molecular flexibility index (Phi) is 7.78. The van der Waals surface area contributed by atoms with Gasteiger partial charge in [0, 0.05) is 45.5 Å². The largest absolute Gasteiger partial charge is 0.494 e. The first-order valence-electron chi connectivity index (χ1n) is 10.5. The quantitative estimate of drug-likeness (QED) is 0.687. The predicted molar refractivity (Wildman–Crippen MR) is 117 cm³/mol. The normalized spacial score (nSPS) is 20.7. The van der Waals surface area contributed by atoms with Crippen LogP contribution in [0.4, 0.5) is 10.5 Å². The molecule has 2 amide bonds. The molecule has 0 aromatic heterocycles. The summed E-state index contributed by atoms with van der Waals surface area (Å²) in [6.07, 6.45) is 1.43. The molecule has 1 aromatic rings. The van der Waals surface area contributed by atoms with Crippen molar-refractivity contribution in [2.24, 2.45) is 11.3 Å². The van der Waals surface area contributed by atoms with Crippen LogP contribution in [0.1, 0.15) is 40.5 Å². The van der Waals surface area contributed by atoms with Crippen LogP contribution in [0.3, 0.4) is 0 Å². The summed E-state index contributed by atoms with van der Waals surface area (Å²) in [6, 6.07) is 10.8. The summed E-state index contributed by atoms with van der Waals surface area (Å²) in [5.74, 6) is 1.27. The van der Waals surface area contributed by atoms with Crippen LogP contribution in [0, 0.1) is 22.7 Å². The van der Waals surface area contributed by atoms with Gasteiger partial charge in [0.25, 0.3) is 0 Å². The molecule has 2 rings (SSSR count). The summed E-state index contributed by atoms with van der Waals surface area (Å²) in [7, 11) is 3.62. The lowest BCUT2D eigenvalue weighted by molar-refractivity contribution is 0.132. The summed E-state index contributed by atoms with van der Waals surface area (Å²) < 4.78 is 5.58. The number of rotatable bonds is 7. The lowest BCUT2D eigenvalue weighted by Gasteiger charge is -2.50. The molecule has 1 aliphatic heterocycles. The highest BCUT2D eigenvalue weighted by Gasteiger charge is 2.39. The molecule has 1 heterocycles. The molecule has 6 nitrogen and oxygen atoms in total. The molecule has 2 atom stereocenters. The van der Waals surface area contributed by atoms with Gasteiger partial charge < -0.3 is 19.4 Å². The minimum atomic E-state index is -0.0238. The number of nitrogens with zero attached hydrogens (tertiary/aromatic N) is 4. The van der Waals surface area contributed by atoms with Gasteiger partial charge in [0.05, 0.1) is 19.1 Å². The average Bonchev–Trinajstić information content (AvgIpc) is 2.68. The Morgan fingerprint density at radius 2 is 1.93 bits per heavy atom. The van der Waals surface area contributed by atoms with E-state index in [1.807, 2.05) is 26.1 Å². The van der Waals surface area contributed by atoms with Gasteiger partial charge in [0.2, 0.25) is 0 Å². The number of urea groups is 1. The zero-order valence-corrected chi connectivity index (χ0v) is 18.8. The summed E-state index contributed by atoms with van der Waals surface area (Å²) >= 11 is 0. The SMILES string of the molecule is CCOc1ccc(N2CC(CN(C)C(=O)N(C)CCC#N)CC(C)(C)C2C)cc1. The van der Waals surface area contributed by atoms with Crippen LogP contribution in [0.15, 0.2) is 24.3 Å². The zero-order valence-electron chi connectivity index (χ0n) is 18.8. The third-order valence-corrected chi connectivity index (χ3v) is 6.09. The summed E-state index contributed by atoms with van der Waals surface area (Å²) in [6.45, 7) is 11.7. The molecule has 0 radical (unpaired) electrons. The van der Waals surface area contributed by atoms with Crippen LogP contribution in [0.2, 0.25) is 0 Å². The Bertz CT molecular complexity index is 711. The number of nitriles is 1. The molecular weight excluding hydrogens is 364 g/mol. The molecule has 160 valence electrons. The number of carbonyl (C=O) groups is 1. The molecule has 1 aliphatic rings. The number of anilines is 1. The smallest absolute Gasteiger partial charge is 0.319 e. The fourth-order valence-corrected chi connectivity index (χ4v) is 4.26. The monoisotopic (exact) mass is 400 g/mol. The van der Waals surface area contributed by atoms with Crippen LogP contribution in [0.5, 0.6) is 5.75 Å². The van der Waals surface area contributed by atoms with Gasteiger partial charge in [-0.15, -0.1) is 0 Å². The molecule has 1 aromatic carbocycles. The van der Waals surface area contributed by atoms with Crippen molar-refractivity contribution >= 4 is 11.7 Å². The third-order valence-electron chi connectivity index (χ3n) is 6.09. The molecule has 2 unspecified atom stereocenters. The Morgan fingerprint density at radius 1 is 1.28 bits per heavy atom. The van der Waals surface area contributed by atoms with Gasteiger partial charge in [0.1, 0.15) is 5.75 Å². The van der Waals surface area contributed by atoms with Crippen LogP contribution in [-0.4, -0.2) is 62.2 Å². The minimum Gasteiger partial charge on any atom is -0.494 e. The molecule has 1 saturated heterocycles. The Hall–Kier alpha value is -2.42. The van der Waals surface area contributed by atoms with E-state index in [1.165, 1.54) is 5.69 Å². The number of hydrogen-bond acceptors (Lipinski definition) is 4. The number of piperidine rings is 1. The molecule has 0 aliphatic carbocycles. The first-order chi connectivity index (χ1) is 13.7. The molecule has 6 heteroatoms. The van der Waals surface area contributed by atoms with Gasteiger partial charge >= 0.3 is 6.03 Å². The summed E-state index contributed by atoms with van der Waals surface area (Å²) in [5.41, 5.74) is 1.33. The van der Waals surface area contributed by atoms with Crippen molar-refractivity contribution in [3.8, 4) is 11.8 Å². The van der Waals surface area contributed by atoms with Crippen molar-refractivity contribution in [3.63, 3.8) is 0 Å². The van der Waals surface area contributed by atoms with Crippen molar-refractivity contribution < 1.29 is 9.53 Å². The number of ether oxygens (including phenoxy) is 1. The lowest BCUT2D eigenvalue weighted by atomic mass is 9.72. The van der Waals surface area contributed by atoms with Gasteiger partial charge in [-0.05, 0) is 55.9 Å². The molecule has 0 spiro atoms. The Labute approximate surface area is 176 Å². The van der Waals surface area contributed by atoms with E-state index in [4.69, 9.17) is 10.00 Å². The van der Waals surface area contributed by atoms with Gasteiger partial charge in [-0.2, -0.15) is 5.26 Å². The van der Waals surface area contributed by atoms with E-state index in [9.17, 15) is 4.79 Å². The maximum absolute atomic E-state index is 12.6. The Morgan fingerprint density at radius 3 is 2.52 bits per heavy atom. The molecule has 1 fully saturated rings. The van der Waals surface area contributed by atoms with Crippen LogP contribution < -0.4 is 9.64 Å². The van der Waals surface area contributed by atoms with Crippen molar-refractivity contribution in [2.45, 2.75) is 46.6 Å². The third kappa shape index (κ3) is 5.79. The maximum atomic E-state index is 12.6. The minimum absolute atomic E-state index is 0.0238. The first-order valence-corrected chi connectivity index (χ1v) is 10.5. The molecule has 0 bridgehead atoms. The summed E-state index contributed by atoms with van der Waals surface area (Å²) in [5, 5.41) is 8.75. The van der Waals surface area contributed by atoms with E-state index in [0.29, 0.717) is 38.1 Å². The maximum Gasteiger partial charge on any atom is 0.319 e. The van der Waals surface area contributed by atoms with E-state index in [2.05, 4.69) is 43.9 Å². The second kappa shape index (κ2) is 9.87. The fraction of sp³-hybridized carbons (Fsp3) is 0.652. The van der Waals surface area contributed by atoms with Gasteiger partial charge in [-0.3, -0.25) is 0 Å². The molecule has 29 heavy (non-hydrogen) atoms. The van der Waals surface area contributed by atoms with Gasteiger partial charge in [0.15, 0.2) is 0 Å².